The normalized spacial score (nSPS) is 12.2. The van der Waals surface area contributed by atoms with E-state index in [0.29, 0.717) is 18.7 Å². The molecule has 0 aromatic heterocycles. The summed E-state index contributed by atoms with van der Waals surface area (Å²) in [4.78, 5) is 12.5. The molecule has 0 atom stereocenters. The van der Waals surface area contributed by atoms with Gasteiger partial charge < -0.3 is 5.32 Å². The Hall–Kier alpha value is -2.39. The van der Waals surface area contributed by atoms with Crippen molar-refractivity contribution in [2.75, 3.05) is 18.4 Å². The van der Waals surface area contributed by atoms with Crippen LogP contribution < -0.4 is 5.32 Å². The molecule has 2 aromatic carbocycles. The first-order chi connectivity index (χ1) is 13.0. The molecule has 9 heteroatoms. The zero-order chi connectivity index (χ0) is 21.1. The number of hydrogen-bond acceptors (Lipinski definition) is 3. The van der Waals surface area contributed by atoms with Crippen LogP contribution in [0.5, 0.6) is 0 Å². The van der Waals surface area contributed by atoms with Crippen LogP contribution in [0.1, 0.15) is 35.3 Å². The lowest BCUT2D eigenvalue weighted by molar-refractivity contribution is -0.137. The highest BCUT2D eigenvalue weighted by Gasteiger charge is 2.30. The van der Waals surface area contributed by atoms with E-state index in [1.165, 1.54) is 22.5 Å². The number of sulfonamides is 1. The molecule has 0 spiro atoms. The van der Waals surface area contributed by atoms with Crippen LogP contribution in [0.3, 0.4) is 0 Å². The number of nitrogens with zero attached hydrogens (tertiary/aromatic N) is 1. The first-order valence-electron chi connectivity index (χ1n) is 8.60. The number of carbonyl (C=O) groups excluding carboxylic acids is 1. The molecule has 0 bridgehead atoms. The Morgan fingerprint density at radius 1 is 1.04 bits per heavy atom. The third-order valence-corrected chi connectivity index (χ3v) is 6.31. The molecule has 5 nitrogen and oxygen atoms in total. The molecule has 0 unspecified atom stereocenters. The van der Waals surface area contributed by atoms with Crippen molar-refractivity contribution in [2.45, 2.75) is 31.8 Å². The number of aryl methyl sites for hydroxylation is 1. The Morgan fingerprint density at radius 3 is 2.11 bits per heavy atom. The molecule has 0 aliphatic rings. The summed E-state index contributed by atoms with van der Waals surface area (Å²) >= 11 is 0. The monoisotopic (exact) mass is 414 g/mol. The SMILES string of the molecule is CCN(CC)S(=O)(=O)c1ccc(C)c(C(=O)Nc2ccc(C(F)(F)F)cc2)c1. The van der Waals surface area contributed by atoms with Gasteiger partial charge in [0.15, 0.2) is 0 Å². The molecule has 0 saturated carbocycles. The summed E-state index contributed by atoms with van der Waals surface area (Å²) in [5.74, 6) is -0.603. The highest BCUT2D eigenvalue weighted by Crippen LogP contribution is 2.30. The van der Waals surface area contributed by atoms with Crippen LogP contribution in [0, 0.1) is 6.92 Å². The highest BCUT2D eigenvalue weighted by molar-refractivity contribution is 7.89. The molecule has 28 heavy (non-hydrogen) atoms. The van der Waals surface area contributed by atoms with E-state index in [0.717, 1.165) is 24.3 Å². The standard InChI is InChI=1S/C19H21F3N2O3S/c1-4-24(5-2)28(26,27)16-11-6-13(3)17(12-16)18(25)23-15-9-7-14(8-10-15)19(20,21)22/h6-12H,4-5H2,1-3H3,(H,23,25). The van der Waals surface area contributed by atoms with Crippen LogP contribution in [0.25, 0.3) is 0 Å². The third kappa shape index (κ3) is 4.71. The van der Waals surface area contributed by atoms with Crippen molar-refractivity contribution in [3.63, 3.8) is 0 Å². The highest BCUT2D eigenvalue weighted by atomic mass is 32.2. The smallest absolute Gasteiger partial charge is 0.322 e. The molecule has 0 aliphatic carbocycles. The van der Waals surface area contributed by atoms with E-state index in [9.17, 15) is 26.4 Å². The molecule has 1 amide bonds. The number of amides is 1. The largest absolute Gasteiger partial charge is 0.416 e. The summed E-state index contributed by atoms with van der Waals surface area (Å²) in [5, 5.41) is 2.50. The van der Waals surface area contributed by atoms with Gasteiger partial charge in [0.05, 0.1) is 10.5 Å². The molecular formula is C19H21F3N2O3S. The molecule has 0 fully saturated rings. The minimum absolute atomic E-state index is 0.0145. The Morgan fingerprint density at radius 2 is 1.61 bits per heavy atom. The Bertz CT molecular complexity index is 951. The molecule has 1 N–H and O–H groups in total. The van der Waals surface area contributed by atoms with Gasteiger partial charge in [-0.25, -0.2) is 8.42 Å². The lowest BCUT2D eigenvalue weighted by atomic mass is 10.1. The Labute approximate surface area is 162 Å². The van der Waals surface area contributed by atoms with E-state index in [1.54, 1.807) is 20.8 Å². The van der Waals surface area contributed by atoms with Crippen molar-refractivity contribution in [1.29, 1.82) is 0 Å². The number of nitrogens with one attached hydrogen (secondary N) is 1. The number of anilines is 1. The van der Waals surface area contributed by atoms with Gasteiger partial charge in [-0.15, -0.1) is 0 Å². The number of benzene rings is 2. The summed E-state index contributed by atoms with van der Waals surface area (Å²) in [6.07, 6.45) is -4.47. The number of rotatable bonds is 6. The fourth-order valence-electron chi connectivity index (χ4n) is 2.66. The first-order valence-corrected chi connectivity index (χ1v) is 10.0. The third-order valence-electron chi connectivity index (χ3n) is 4.27. The summed E-state index contributed by atoms with van der Waals surface area (Å²) < 4.78 is 64.5. The van der Waals surface area contributed by atoms with Crippen molar-refractivity contribution < 1.29 is 26.4 Å². The van der Waals surface area contributed by atoms with Gasteiger partial charge in [-0.2, -0.15) is 17.5 Å². The second-order valence-corrected chi connectivity index (χ2v) is 8.03. The molecule has 0 aliphatic heterocycles. The quantitative estimate of drug-likeness (QED) is 0.767. The van der Waals surface area contributed by atoms with E-state index in [4.69, 9.17) is 0 Å². The van der Waals surface area contributed by atoms with Gasteiger partial charge in [0.2, 0.25) is 10.0 Å². The zero-order valence-electron chi connectivity index (χ0n) is 15.7. The lowest BCUT2D eigenvalue weighted by Crippen LogP contribution is -2.30. The van der Waals surface area contributed by atoms with E-state index < -0.39 is 27.7 Å². The van der Waals surface area contributed by atoms with Crippen LogP contribution in [0.2, 0.25) is 0 Å². The maximum atomic E-state index is 12.7. The van der Waals surface area contributed by atoms with Crippen LogP contribution >= 0.6 is 0 Å². The number of halogens is 3. The average molecular weight is 414 g/mol. The molecule has 0 radical (unpaired) electrons. The van der Waals surface area contributed by atoms with Crippen molar-refractivity contribution in [3.05, 3.63) is 59.2 Å². The second-order valence-electron chi connectivity index (χ2n) is 6.10. The van der Waals surface area contributed by atoms with Crippen molar-refractivity contribution in [3.8, 4) is 0 Å². The molecular weight excluding hydrogens is 393 g/mol. The minimum atomic E-state index is -4.47. The topological polar surface area (TPSA) is 66.5 Å². The Kier molecular flexibility index (Phi) is 6.51. The summed E-state index contributed by atoms with van der Waals surface area (Å²) in [7, 11) is -3.74. The summed E-state index contributed by atoms with van der Waals surface area (Å²) in [6, 6.07) is 8.25. The lowest BCUT2D eigenvalue weighted by Gasteiger charge is -2.19. The van der Waals surface area contributed by atoms with Gasteiger partial charge in [0.25, 0.3) is 5.91 Å². The van der Waals surface area contributed by atoms with E-state index >= 15 is 0 Å². The van der Waals surface area contributed by atoms with E-state index in [-0.39, 0.29) is 16.1 Å². The second kappa shape index (κ2) is 8.32. The Balaban J connectivity index is 2.31. The number of alkyl halides is 3. The van der Waals surface area contributed by atoms with Crippen molar-refractivity contribution >= 4 is 21.6 Å². The minimum Gasteiger partial charge on any atom is -0.322 e. The van der Waals surface area contributed by atoms with Crippen LogP contribution in [-0.4, -0.2) is 31.7 Å². The molecule has 152 valence electrons. The summed E-state index contributed by atoms with van der Waals surface area (Å²) in [6.45, 7) is 5.66. The summed E-state index contributed by atoms with van der Waals surface area (Å²) in [5.41, 5.74) is 0.0273. The van der Waals surface area contributed by atoms with Crippen LogP contribution in [-0.2, 0) is 16.2 Å². The predicted octanol–water partition coefficient (Wildman–Crippen LogP) is 4.30. The average Bonchev–Trinajstić information content (AvgIpc) is 2.62. The maximum Gasteiger partial charge on any atom is 0.416 e. The van der Waals surface area contributed by atoms with Gasteiger partial charge in [0.1, 0.15) is 0 Å². The molecule has 0 heterocycles. The first kappa shape index (κ1) is 21.9. The van der Waals surface area contributed by atoms with Gasteiger partial charge in [-0.3, -0.25) is 4.79 Å². The van der Waals surface area contributed by atoms with E-state index in [2.05, 4.69) is 5.32 Å². The van der Waals surface area contributed by atoms with Gasteiger partial charge in [0, 0.05) is 24.3 Å². The number of carbonyl (C=O) groups is 1. The molecule has 2 aromatic rings. The molecule has 2 rings (SSSR count). The van der Waals surface area contributed by atoms with Crippen molar-refractivity contribution in [2.24, 2.45) is 0 Å². The van der Waals surface area contributed by atoms with Crippen LogP contribution in [0.4, 0.5) is 18.9 Å². The van der Waals surface area contributed by atoms with Gasteiger partial charge in [-0.05, 0) is 48.9 Å². The van der Waals surface area contributed by atoms with E-state index in [1.807, 2.05) is 0 Å². The molecule has 0 saturated heterocycles. The van der Waals surface area contributed by atoms with Gasteiger partial charge in [-0.1, -0.05) is 19.9 Å². The fourth-order valence-corrected chi connectivity index (χ4v) is 4.14. The van der Waals surface area contributed by atoms with Gasteiger partial charge >= 0.3 is 6.18 Å². The maximum absolute atomic E-state index is 12.7. The van der Waals surface area contributed by atoms with Crippen LogP contribution in [0.15, 0.2) is 47.4 Å². The number of hydrogen-bond donors (Lipinski definition) is 1. The fraction of sp³-hybridized carbons (Fsp3) is 0.316. The zero-order valence-corrected chi connectivity index (χ0v) is 16.5. The van der Waals surface area contributed by atoms with Crippen molar-refractivity contribution in [1.82, 2.24) is 4.31 Å². The predicted molar refractivity (Wildman–Crippen MR) is 101 cm³/mol.